The number of pyridine rings is 1. The van der Waals surface area contributed by atoms with E-state index in [9.17, 15) is 26.4 Å². The molecule has 1 amide bonds. The number of amides is 1. The van der Waals surface area contributed by atoms with Gasteiger partial charge in [-0.1, -0.05) is 6.07 Å². The molecule has 0 bridgehead atoms. The van der Waals surface area contributed by atoms with E-state index in [1.54, 1.807) is 28.8 Å². The highest BCUT2D eigenvalue weighted by molar-refractivity contribution is 7.88. The fraction of sp³-hybridized carbons (Fsp3) is 0.500. The molecule has 3 rings (SSSR count). The van der Waals surface area contributed by atoms with Gasteiger partial charge in [-0.3, -0.25) is 4.79 Å². The molecule has 0 aromatic carbocycles. The molecule has 1 aliphatic heterocycles. The summed E-state index contributed by atoms with van der Waals surface area (Å²) in [4.78, 5) is 16.5. The maximum atomic E-state index is 12.4. The summed E-state index contributed by atoms with van der Waals surface area (Å²) in [6.07, 6.45) is -0.418. The first-order valence-electron chi connectivity index (χ1n) is 8.33. The number of nitrogens with zero attached hydrogens (tertiary/aromatic N) is 3. The van der Waals surface area contributed by atoms with Gasteiger partial charge in [-0.2, -0.15) is 13.2 Å². The molecule has 0 aliphatic carbocycles. The lowest BCUT2D eigenvalue weighted by molar-refractivity contribution is -0.123. The highest BCUT2D eigenvalue weighted by atomic mass is 32.2. The van der Waals surface area contributed by atoms with Crippen LogP contribution in [-0.2, 0) is 10.0 Å². The van der Waals surface area contributed by atoms with Gasteiger partial charge < -0.3 is 9.72 Å². The van der Waals surface area contributed by atoms with E-state index in [2.05, 4.69) is 4.98 Å². The number of nitrogens with one attached hydrogen (secondary N) is 1. The molecule has 7 nitrogen and oxygen atoms in total. The summed E-state index contributed by atoms with van der Waals surface area (Å²) in [6.45, 7) is -0.813. The van der Waals surface area contributed by atoms with Gasteiger partial charge in [0.15, 0.2) is 5.69 Å². The molecule has 2 aromatic rings. The fourth-order valence-electron chi connectivity index (χ4n) is 3.24. The van der Waals surface area contributed by atoms with Crippen LogP contribution in [0.4, 0.5) is 13.2 Å². The van der Waals surface area contributed by atoms with E-state index in [0.717, 1.165) is 6.26 Å². The number of hydrogen-bond acceptors (Lipinski definition) is 4. The van der Waals surface area contributed by atoms with Crippen molar-refractivity contribution in [2.45, 2.75) is 24.9 Å². The van der Waals surface area contributed by atoms with E-state index < -0.39 is 28.7 Å². The summed E-state index contributed by atoms with van der Waals surface area (Å²) in [6, 6.07) is 4.97. The summed E-state index contributed by atoms with van der Waals surface area (Å²) in [7, 11) is -3.36. The second kappa shape index (κ2) is 7.12. The number of halogens is 3. The summed E-state index contributed by atoms with van der Waals surface area (Å²) in [5.41, 5.74) is 0.273. The van der Waals surface area contributed by atoms with Gasteiger partial charge in [0.25, 0.3) is 5.91 Å². The van der Waals surface area contributed by atoms with Crippen LogP contribution in [0.3, 0.4) is 0 Å². The van der Waals surface area contributed by atoms with Crippen LogP contribution in [0.25, 0.3) is 5.52 Å². The Kier molecular flexibility index (Phi) is 5.17. The highest BCUT2D eigenvalue weighted by Crippen LogP contribution is 2.29. The SMILES string of the molecule is CS(=O)(=O)N1CCC[C@H](c2nc(C(=O)NCC(F)(F)F)c3ccccn23)C1. The van der Waals surface area contributed by atoms with Gasteiger partial charge in [0.2, 0.25) is 10.0 Å². The molecule has 0 unspecified atom stereocenters. The van der Waals surface area contributed by atoms with Gasteiger partial charge in [0.1, 0.15) is 12.4 Å². The number of carbonyl (C=O) groups excluding carboxylic acids is 1. The summed E-state index contributed by atoms with van der Waals surface area (Å²) in [5.74, 6) is -0.707. The number of hydrogen-bond donors (Lipinski definition) is 1. The molecule has 0 saturated carbocycles. The van der Waals surface area contributed by atoms with E-state index >= 15 is 0 Å². The molecule has 1 fully saturated rings. The van der Waals surface area contributed by atoms with Crippen molar-refractivity contribution >= 4 is 21.4 Å². The van der Waals surface area contributed by atoms with Crippen molar-refractivity contribution in [3.63, 3.8) is 0 Å². The van der Waals surface area contributed by atoms with Crippen molar-refractivity contribution in [3.05, 3.63) is 35.9 Å². The minimum absolute atomic E-state index is 0.105. The quantitative estimate of drug-likeness (QED) is 0.842. The van der Waals surface area contributed by atoms with Crippen molar-refractivity contribution in [3.8, 4) is 0 Å². The molecule has 1 N–H and O–H groups in total. The number of aromatic nitrogens is 2. The zero-order chi connectivity index (χ0) is 19.8. The van der Waals surface area contributed by atoms with Gasteiger partial charge in [-0.15, -0.1) is 0 Å². The van der Waals surface area contributed by atoms with Crippen LogP contribution in [0.15, 0.2) is 24.4 Å². The normalized spacial score (nSPS) is 19.3. The Morgan fingerprint density at radius 1 is 1.37 bits per heavy atom. The van der Waals surface area contributed by atoms with E-state index in [1.165, 1.54) is 4.31 Å². The minimum atomic E-state index is -4.52. The van der Waals surface area contributed by atoms with Crippen LogP contribution in [0.2, 0.25) is 0 Å². The lowest BCUT2D eigenvalue weighted by Gasteiger charge is -2.30. The van der Waals surface area contributed by atoms with Crippen molar-refractivity contribution in [2.24, 2.45) is 0 Å². The van der Waals surface area contributed by atoms with Crippen LogP contribution in [-0.4, -0.2) is 60.1 Å². The van der Waals surface area contributed by atoms with Gasteiger partial charge in [0.05, 0.1) is 11.8 Å². The molecular formula is C16H19F3N4O3S. The predicted molar refractivity (Wildman–Crippen MR) is 92.0 cm³/mol. The number of carbonyl (C=O) groups is 1. The van der Waals surface area contributed by atoms with Crippen LogP contribution in [0.1, 0.15) is 35.1 Å². The third kappa shape index (κ3) is 4.41. The zero-order valence-electron chi connectivity index (χ0n) is 14.5. The molecule has 0 spiro atoms. The number of rotatable bonds is 4. The Labute approximate surface area is 154 Å². The second-order valence-corrected chi connectivity index (χ2v) is 8.51. The monoisotopic (exact) mass is 404 g/mol. The number of fused-ring (bicyclic) bond motifs is 1. The molecule has 27 heavy (non-hydrogen) atoms. The second-order valence-electron chi connectivity index (χ2n) is 6.53. The lowest BCUT2D eigenvalue weighted by atomic mass is 9.99. The minimum Gasteiger partial charge on any atom is -0.342 e. The first kappa shape index (κ1) is 19.6. The third-order valence-corrected chi connectivity index (χ3v) is 5.73. The van der Waals surface area contributed by atoms with E-state index in [1.807, 2.05) is 5.32 Å². The molecule has 0 radical (unpaired) electrons. The Morgan fingerprint density at radius 2 is 2.11 bits per heavy atom. The lowest BCUT2D eigenvalue weighted by Crippen LogP contribution is -2.38. The van der Waals surface area contributed by atoms with Gasteiger partial charge >= 0.3 is 6.18 Å². The van der Waals surface area contributed by atoms with Gasteiger partial charge in [-0.25, -0.2) is 17.7 Å². The van der Waals surface area contributed by atoms with E-state index in [-0.39, 0.29) is 18.2 Å². The van der Waals surface area contributed by atoms with Crippen LogP contribution in [0.5, 0.6) is 0 Å². The smallest absolute Gasteiger partial charge is 0.342 e. The summed E-state index contributed by atoms with van der Waals surface area (Å²) in [5, 5.41) is 1.83. The molecule has 1 atom stereocenters. The predicted octanol–water partition coefficient (Wildman–Crippen LogP) is 1.77. The summed E-state index contributed by atoms with van der Waals surface area (Å²) < 4.78 is 63.9. The number of alkyl halides is 3. The molecule has 11 heteroatoms. The largest absolute Gasteiger partial charge is 0.405 e. The van der Waals surface area contributed by atoms with Crippen molar-refractivity contribution < 1.29 is 26.4 Å². The number of sulfonamides is 1. The topological polar surface area (TPSA) is 83.8 Å². The molecule has 2 aromatic heterocycles. The van der Waals surface area contributed by atoms with Crippen LogP contribution in [0, 0.1) is 0 Å². The van der Waals surface area contributed by atoms with Crippen LogP contribution < -0.4 is 5.32 Å². The fourth-order valence-corrected chi connectivity index (χ4v) is 4.15. The highest BCUT2D eigenvalue weighted by Gasteiger charge is 2.32. The van der Waals surface area contributed by atoms with Crippen LogP contribution >= 0.6 is 0 Å². The third-order valence-electron chi connectivity index (χ3n) is 4.46. The Balaban J connectivity index is 1.94. The Morgan fingerprint density at radius 3 is 2.78 bits per heavy atom. The number of imidazole rings is 1. The molecule has 3 heterocycles. The van der Waals surface area contributed by atoms with Gasteiger partial charge in [-0.05, 0) is 25.0 Å². The van der Waals surface area contributed by atoms with Crippen molar-refractivity contribution in [1.82, 2.24) is 19.0 Å². The maximum Gasteiger partial charge on any atom is 0.405 e. The van der Waals surface area contributed by atoms with Gasteiger partial charge in [0, 0.05) is 25.2 Å². The zero-order valence-corrected chi connectivity index (χ0v) is 15.3. The van der Waals surface area contributed by atoms with E-state index in [0.29, 0.717) is 30.7 Å². The molecular weight excluding hydrogens is 385 g/mol. The number of piperidine rings is 1. The molecule has 148 valence electrons. The van der Waals surface area contributed by atoms with Crippen molar-refractivity contribution in [1.29, 1.82) is 0 Å². The molecule has 1 saturated heterocycles. The Bertz CT molecular complexity index is 955. The summed E-state index contributed by atoms with van der Waals surface area (Å²) >= 11 is 0. The standard InChI is InChI=1S/C16H19F3N4O3S/c1-27(25,26)22-7-4-5-11(9-22)14-21-13(12-6-2-3-8-23(12)14)15(24)20-10-16(17,18)19/h2-3,6,8,11H,4-5,7,9-10H2,1H3,(H,20,24)/t11-/m0/s1. The average molecular weight is 404 g/mol. The first-order valence-corrected chi connectivity index (χ1v) is 10.2. The van der Waals surface area contributed by atoms with E-state index in [4.69, 9.17) is 0 Å². The maximum absolute atomic E-state index is 12.4. The van der Waals surface area contributed by atoms with Crippen molar-refractivity contribution in [2.75, 3.05) is 25.9 Å². The Hall–Kier alpha value is -2.14. The first-order chi connectivity index (χ1) is 12.6. The molecule has 1 aliphatic rings. The average Bonchev–Trinajstić information content (AvgIpc) is 2.98.